The Morgan fingerprint density at radius 2 is 1.90 bits per heavy atom. The van der Waals surface area contributed by atoms with Crippen molar-refractivity contribution in [3.05, 3.63) is 78.5 Å². The number of nitrogens with zero attached hydrogens (tertiary/aromatic N) is 3. The molecule has 1 saturated heterocycles. The zero-order valence-electron chi connectivity index (χ0n) is 16.5. The Morgan fingerprint density at radius 3 is 2.58 bits per heavy atom. The van der Waals surface area contributed by atoms with Crippen molar-refractivity contribution in [3.8, 4) is 0 Å². The number of benzene rings is 2. The summed E-state index contributed by atoms with van der Waals surface area (Å²) < 4.78 is 0. The minimum Gasteiger partial charge on any atom is -0.368 e. The Morgan fingerprint density at radius 1 is 1.13 bits per heavy atom. The van der Waals surface area contributed by atoms with Gasteiger partial charge in [0.15, 0.2) is 0 Å². The first-order valence-electron chi connectivity index (χ1n) is 9.57. The quantitative estimate of drug-likeness (QED) is 0.468. The maximum Gasteiger partial charge on any atom is 0.270 e. The highest BCUT2D eigenvalue weighted by molar-refractivity contribution is 6.42. The van der Waals surface area contributed by atoms with E-state index in [9.17, 15) is 19.7 Å². The molecule has 0 spiro atoms. The third kappa shape index (κ3) is 4.08. The van der Waals surface area contributed by atoms with Crippen LogP contribution in [0.1, 0.15) is 17.3 Å². The van der Waals surface area contributed by atoms with Crippen LogP contribution in [0.25, 0.3) is 10.9 Å². The van der Waals surface area contributed by atoms with E-state index in [1.165, 1.54) is 24.3 Å². The number of piperazine rings is 1. The van der Waals surface area contributed by atoms with E-state index in [1.807, 2.05) is 13.0 Å². The highest BCUT2D eigenvalue weighted by atomic mass is 35.5. The molecule has 0 saturated carbocycles. The lowest BCUT2D eigenvalue weighted by molar-refractivity contribution is -0.384. The molecule has 3 aromatic rings. The summed E-state index contributed by atoms with van der Waals surface area (Å²) in [5.74, 6) is -0.335. The Hall–Kier alpha value is -3.10. The topological polar surface area (TPSA) is 99.6 Å². The summed E-state index contributed by atoms with van der Waals surface area (Å²) >= 11 is 12.1. The number of amides is 1. The first-order chi connectivity index (χ1) is 14.7. The second-order valence-corrected chi connectivity index (χ2v) is 8.24. The van der Waals surface area contributed by atoms with Gasteiger partial charge in [0.25, 0.3) is 11.6 Å². The molecule has 1 amide bonds. The average molecular weight is 461 g/mol. The van der Waals surface area contributed by atoms with Crippen molar-refractivity contribution in [2.75, 3.05) is 24.5 Å². The molecule has 4 rings (SSSR count). The van der Waals surface area contributed by atoms with E-state index in [1.54, 1.807) is 17.0 Å². The van der Waals surface area contributed by atoms with E-state index in [0.29, 0.717) is 40.6 Å². The summed E-state index contributed by atoms with van der Waals surface area (Å²) in [5.41, 5.74) is 0.851. The standard InChI is InChI=1S/C21H18Cl2N4O4/c1-12-11-25(13-2-4-17(22)18(23)9-13)6-7-26(12)21(29)16-10-20(28)24-19-5-3-14(27(30)31)8-15(16)19/h2-5,8-10,12H,6-7,11H2,1H3,(H,24,28). The molecule has 0 radical (unpaired) electrons. The lowest BCUT2D eigenvalue weighted by Gasteiger charge is -2.41. The Balaban J connectivity index is 1.63. The number of nitro groups is 1. The number of hydrogen-bond donors (Lipinski definition) is 1. The summed E-state index contributed by atoms with van der Waals surface area (Å²) in [6.07, 6.45) is 0. The van der Waals surface area contributed by atoms with Crippen LogP contribution in [0, 0.1) is 10.1 Å². The fraction of sp³-hybridized carbons (Fsp3) is 0.238. The summed E-state index contributed by atoms with van der Waals surface area (Å²) in [6, 6.07) is 10.5. The van der Waals surface area contributed by atoms with Gasteiger partial charge in [-0.1, -0.05) is 23.2 Å². The molecule has 1 N–H and O–H groups in total. The van der Waals surface area contributed by atoms with Crippen LogP contribution in [0.3, 0.4) is 0 Å². The number of nitrogens with one attached hydrogen (secondary N) is 1. The van der Waals surface area contributed by atoms with E-state index in [2.05, 4.69) is 9.88 Å². The van der Waals surface area contributed by atoms with Crippen LogP contribution < -0.4 is 10.5 Å². The molecule has 2 aromatic carbocycles. The Labute approximate surface area is 187 Å². The van der Waals surface area contributed by atoms with Crippen LogP contribution in [-0.2, 0) is 0 Å². The monoisotopic (exact) mass is 460 g/mol. The normalized spacial score (nSPS) is 16.5. The van der Waals surface area contributed by atoms with Crippen molar-refractivity contribution in [1.29, 1.82) is 0 Å². The fourth-order valence-corrected chi connectivity index (χ4v) is 4.15. The van der Waals surface area contributed by atoms with Gasteiger partial charge in [-0.2, -0.15) is 0 Å². The van der Waals surface area contributed by atoms with Crippen molar-refractivity contribution >= 4 is 51.4 Å². The van der Waals surface area contributed by atoms with Crippen LogP contribution in [0.4, 0.5) is 11.4 Å². The number of anilines is 1. The summed E-state index contributed by atoms with van der Waals surface area (Å²) in [4.78, 5) is 42.5. The minimum atomic E-state index is -0.530. The van der Waals surface area contributed by atoms with Crippen LogP contribution in [0.5, 0.6) is 0 Å². The fourth-order valence-electron chi connectivity index (χ4n) is 3.86. The van der Waals surface area contributed by atoms with E-state index < -0.39 is 10.5 Å². The molecule has 0 bridgehead atoms. The summed E-state index contributed by atoms with van der Waals surface area (Å²) in [5, 5.41) is 12.5. The van der Waals surface area contributed by atoms with Gasteiger partial charge in [0.1, 0.15) is 0 Å². The molecule has 1 aliphatic rings. The molecule has 0 aliphatic carbocycles. The average Bonchev–Trinajstić information content (AvgIpc) is 2.74. The number of H-pyrrole nitrogens is 1. The van der Waals surface area contributed by atoms with Gasteiger partial charge in [-0.3, -0.25) is 19.7 Å². The van der Waals surface area contributed by atoms with E-state index in [0.717, 1.165) is 5.69 Å². The van der Waals surface area contributed by atoms with Crippen molar-refractivity contribution < 1.29 is 9.72 Å². The van der Waals surface area contributed by atoms with Gasteiger partial charge in [0.05, 0.1) is 20.5 Å². The lowest BCUT2D eigenvalue weighted by atomic mass is 10.0. The highest BCUT2D eigenvalue weighted by Gasteiger charge is 2.30. The van der Waals surface area contributed by atoms with Gasteiger partial charge in [-0.15, -0.1) is 0 Å². The van der Waals surface area contributed by atoms with E-state index in [4.69, 9.17) is 23.2 Å². The third-order valence-electron chi connectivity index (χ3n) is 5.42. The second kappa shape index (κ2) is 8.20. The Bertz CT molecular complexity index is 1260. The lowest BCUT2D eigenvalue weighted by Crippen LogP contribution is -2.54. The number of non-ortho nitro benzene ring substituents is 1. The zero-order valence-corrected chi connectivity index (χ0v) is 18.0. The number of carbonyl (C=O) groups is 1. The summed E-state index contributed by atoms with van der Waals surface area (Å²) in [7, 11) is 0. The second-order valence-electron chi connectivity index (χ2n) is 7.43. The molecular weight excluding hydrogens is 443 g/mol. The van der Waals surface area contributed by atoms with E-state index in [-0.39, 0.29) is 23.2 Å². The number of rotatable bonds is 3. The van der Waals surface area contributed by atoms with Crippen molar-refractivity contribution in [3.63, 3.8) is 0 Å². The number of pyridine rings is 1. The minimum absolute atomic E-state index is 0.147. The number of hydrogen-bond acceptors (Lipinski definition) is 5. The molecule has 160 valence electrons. The molecule has 1 aromatic heterocycles. The van der Waals surface area contributed by atoms with Crippen LogP contribution in [0.2, 0.25) is 10.0 Å². The van der Waals surface area contributed by atoms with Crippen molar-refractivity contribution in [2.45, 2.75) is 13.0 Å². The smallest absolute Gasteiger partial charge is 0.270 e. The van der Waals surface area contributed by atoms with Gasteiger partial charge in [-0.05, 0) is 31.2 Å². The zero-order chi connectivity index (χ0) is 22.3. The van der Waals surface area contributed by atoms with Gasteiger partial charge < -0.3 is 14.8 Å². The van der Waals surface area contributed by atoms with Crippen LogP contribution >= 0.6 is 23.2 Å². The maximum absolute atomic E-state index is 13.3. The largest absolute Gasteiger partial charge is 0.368 e. The molecule has 8 nitrogen and oxygen atoms in total. The van der Waals surface area contributed by atoms with Gasteiger partial charge in [0.2, 0.25) is 5.56 Å². The van der Waals surface area contributed by atoms with E-state index >= 15 is 0 Å². The Kier molecular flexibility index (Phi) is 5.60. The number of halogens is 2. The molecule has 31 heavy (non-hydrogen) atoms. The van der Waals surface area contributed by atoms with Crippen LogP contribution in [-0.4, -0.2) is 46.4 Å². The molecular formula is C21H18Cl2N4O4. The van der Waals surface area contributed by atoms with Gasteiger partial charge >= 0.3 is 0 Å². The first kappa shape index (κ1) is 21.1. The highest BCUT2D eigenvalue weighted by Crippen LogP contribution is 2.29. The van der Waals surface area contributed by atoms with Crippen molar-refractivity contribution in [1.82, 2.24) is 9.88 Å². The first-order valence-corrected chi connectivity index (χ1v) is 10.3. The SMILES string of the molecule is CC1CN(c2ccc(Cl)c(Cl)c2)CCN1C(=O)c1cc(=O)[nH]c2ccc([N+](=O)[O-])cc12. The number of aromatic amines is 1. The molecule has 1 atom stereocenters. The molecule has 10 heteroatoms. The third-order valence-corrected chi connectivity index (χ3v) is 6.16. The molecule has 1 unspecified atom stereocenters. The molecule has 2 heterocycles. The number of fused-ring (bicyclic) bond motifs is 1. The predicted octanol–water partition coefficient (Wildman–Crippen LogP) is 4.09. The maximum atomic E-state index is 13.3. The molecule has 1 fully saturated rings. The van der Waals surface area contributed by atoms with Gasteiger partial charge in [0, 0.05) is 60.5 Å². The van der Waals surface area contributed by atoms with Crippen LogP contribution in [0.15, 0.2) is 47.3 Å². The van der Waals surface area contributed by atoms with Gasteiger partial charge in [-0.25, -0.2) is 0 Å². The summed E-state index contributed by atoms with van der Waals surface area (Å²) in [6.45, 7) is 3.46. The number of carbonyl (C=O) groups excluding carboxylic acids is 1. The number of nitro benzene ring substituents is 1. The number of aromatic nitrogens is 1. The van der Waals surface area contributed by atoms with Crippen molar-refractivity contribution in [2.24, 2.45) is 0 Å². The molecule has 1 aliphatic heterocycles. The predicted molar refractivity (Wildman–Crippen MR) is 120 cm³/mol.